The number of aromatic nitrogens is 3. The number of thiophene rings is 1. The van der Waals surface area contributed by atoms with E-state index in [-0.39, 0.29) is 60.0 Å². The number of aromatic amines is 2. The fourth-order valence-electron chi connectivity index (χ4n) is 11.4. The summed E-state index contributed by atoms with van der Waals surface area (Å²) >= 11 is 7.61. The number of fused-ring (bicyclic) bond motifs is 1. The van der Waals surface area contributed by atoms with Gasteiger partial charge in [0, 0.05) is 51.8 Å². The van der Waals surface area contributed by atoms with Crippen LogP contribution < -0.4 is 25.8 Å². The molecular formula is C71H85ClF7N7O7S. The zero-order valence-electron chi connectivity index (χ0n) is 54.3. The number of nitrogens with zero attached hydrogens (tertiary/aromatic N) is 3. The van der Waals surface area contributed by atoms with E-state index in [0.29, 0.717) is 34.8 Å². The van der Waals surface area contributed by atoms with E-state index in [1.807, 2.05) is 46.9 Å². The molecule has 2 fully saturated rings. The van der Waals surface area contributed by atoms with E-state index in [0.717, 1.165) is 56.7 Å². The van der Waals surface area contributed by atoms with Crippen molar-refractivity contribution in [3.05, 3.63) is 216 Å². The summed E-state index contributed by atoms with van der Waals surface area (Å²) in [6, 6.07) is 39.6. The lowest BCUT2D eigenvalue weighted by Crippen LogP contribution is -2.46. The van der Waals surface area contributed by atoms with Crippen molar-refractivity contribution >= 4 is 39.5 Å². The third-order valence-electron chi connectivity index (χ3n) is 16.0. The number of morpholine rings is 1. The normalized spacial score (nSPS) is 17.3. The van der Waals surface area contributed by atoms with Crippen molar-refractivity contribution in [2.24, 2.45) is 0 Å². The Hall–Kier alpha value is -6.99. The number of hydrogen-bond acceptors (Lipinski definition) is 13. The van der Waals surface area contributed by atoms with Crippen molar-refractivity contribution in [1.82, 2.24) is 35.6 Å². The molecule has 14 nitrogen and oxygen atoms in total. The highest BCUT2D eigenvalue weighted by atomic mass is 35.5. The Labute approximate surface area is 554 Å². The molecule has 6 atom stereocenters. The van der Waals surface area contributed by atoms with Gasteiger partial charge in [-0.1, -0.05) is 110 Å². The number of ketones is 1. The molecule has 1 aliphatic carbocycles. The van der Waals surface area contributed by atoms with E-state index < -0.39 is 59.0 Å². The van der Waals surface area contributed by atoms with Gasteiger partial charge in [0.1, 0.15) is 29.2 Å². The maximum absolute atomic E-state index is 13.6. The van der Waals surface area contributed by atoms with Crippen LogP contribution in [0.15, 0.2) is 156 Å². The van der Waals surface area contributed by atoms with Gasteiger partial charge in [-0.3, -0.25) is 14.7 Å². The number of benzene rings is 6. The van der Waals surface area contributed by atoms with Gasteiger partial charge in [0.15, 0.2) is 12.1 Å². The summed E-state index contributed by atoms with van der Waals surface area (Å²) in [5.41, 5.74) is -2.07. The van der Waals surface area contributed by atoms with Crippen molar-refractivity contribution < 1.29 is 59.6 Å². The molecule has 2 aliphatic rings. The number of nitrogens with one attached hydrogen (secondary N) is 4. The molecule has 2 aromatic heterocycles. The molecule has 508 valence electrons. The van der Waals surface area contributed by atoms with Crippen LogP contribution >= 0.6 is 22.9 Å². The number of alkyl halides is 6. The molecular weight excluding hydrogens is 1260 g/mol. The standard InChI is InChI=1S/C23H21F7N4O3.C18H19NOS.C17H27NO2.C13H18ClNO/c1-12(14-8-15(22(25,26)27)10-16(9-14)23(28,29)30)37-20-19(13-2-4-17(24)5-3-13)34(6-7-36-20)11-18-31-21(35)33-32-18;1-19-12-11-17(18-10-5-13-21-18)20-16-9-4-7-14-6-2-3-8-15(14)16;1-18(2)13-16(17(19)11-5-4-6-12-17)14-7-9-15(20-3)10-8-14;1-9(15-13(2,3)4)12(16)10-6-5-7-11(14)8-10/h2-5,8-10,12,19-20H,6-7,11H2,1H3,(H2,31,32,33,35);2-10,13,17,19H,11-12H2,1H3;7-10,16,19H,4-6,11-13H2,1-3H3;5-9,15H,1-4H3/t12-,19-,20+;17-;;/m10../s1. The minimum atomic E-state index is -5.01. The molecule has 1 saturated carbocycles. The van der Waals surface area contributed by atoms with Crippen molar-refractivity contribution in [2.45, 2.75) is 140 Å². The molecule has 10 rings (SSSR count). The van der Waals surface area contributed by atoms with E-state index in [9.17, 15) is 45.4 Å². The van der Waals surface area contributed by atoms with E-state index in [1.54, 1.807) is 47.6 Å². The average molecular weight is 1350 g/mol. The van der Waals surface area contributed by atoms with Crippen LogP contribution in [0, 0.1) is 5.82 Å². The number of hydrogen-bond donors (Lipinski definition) is 5. The summed E-state index contributed by atoms with van der Waals surface area (Å²) in [5, 5.41) is 28.7. The molecule has 0 bridgehead atoms. The van der Waals surface area contributed by atoms with Crippen LogP contribution in [0.3, 0.4) is 0 Å². The van der Waals surface area contributed by atoms with Crippen LogP contribution in [-0.4, -0.2) is 114 Å². The number of methoxy groups -OCH3 is 1. The molecule has 0 spiro atoms. The topological polar surface area (TPSA) is 166 Å². The van der Waals surface area contributed by atoms with Crippen molar-refractivity contribution in [2.75, 3.05) is 54.5 Å². The fourth-order valence-corrected chi connectivity index (χ4v) is 12.4. The molecule has 2 unspecified atom stereocenters. The third kappa shape index (κ3) is 22.0. The van der Waals surface area contributed by atoms with Gasteiger partial charge in [0.2, 0.25) is 0 Å². The molecule has 94 heavy (non-hydrogen) atoms. The SMILES string of the molecule is CC(NC(C)(C)C)C(=O)c1cccc(Cl)c1.CNCC[C@H](Oc1cccc2ccccc12)c1cccs1.COc1ccc(C(CN(C)C)C2(O)CCCCC2)cc1.C[C@@H](O[C@@H]1OCCN(Cc2n[nH]c(=O)[nH]2)[C@@H]1c1ccc(F)cc1)c1cc(C(F)(F)F)cc(C(F)(F)F)c1. The highest BCUT2D eigenvalue weighted by Gasteiger charge is 2.41. The van der Waals surface area contributed by atoms with Crippen LogP contribution in [0.5, 0.6) is 11.5 Å². The van der Waals surface area contributed by atoms with Crippen LogP contribution in [0.4, 0.5) is 30.7 Å². The van der Waals surface area contributed by atoms with Gasteiger partial charge in [-0.25, -0.2) is 14.3 Å². The summed E-state index contributed by atoms with van der Waals surface area (Å²) in [7, 11) is 7.80. The molecule has 8 aromatic rings. The van der Waals surface area contributed by atoms with Crippen LogP contribution in [0.25, 0.3) is 10.8 Å². The van der Waals surface area contributed by atoms with Crippen LogP contribution in [0.2, 0.25) is 5.02 Å². The Morgan fingerprint density at radius 2 is 1.51 bits per heavy atom. The maximum atomic E-state index is 13.6. The number of H-pyrrole nitrogens is 2. The van der Waals surface area contributed by atoms with Crippen LogP contribution in [-0.2, 0) is 28.4 Å². The zero-order valence-corrected chi connectivity index (χ0v) is 55.9. The highest BCUT2D eigenvalue weighted by Crippen LogP contribution is 2.43. The number of carbonyl (C=O) groups excluding carboxylic acids is 1. The van der Waals surface area contributed by atoms with E-state index >= 15 is 0 Å². The minimum Gasteiger partial charge on any atom is -0.497 e. The lowest BCUT2D eigenvalue weighted by Gasteiger charge is -2.41. The van der Waals surface area contributed by atoms with Gasteiger partial charge in [0.25, 0.3) is 0 Å². The first-order chi connectivity index (χ1) is 44.5. The second-order valence-electron chi connectivity index (χ2n) is 24.7. The molecule has 0 amide bonds. The quantitative estimate of drug-likeness (QED) is 0.0363. The van der Waals surface area contributed by atoms with E-state index in [1.165, 1.54) is 58.8 Å². The molecule has 23 heteroatoms. The van der Waals surface area contributed by atoms with Gasteiger partial charge >= 0.3 is 18.0 Å². The number of halogens is 8. The molecule has 0 radical (unpaired) electrons. The first-order valence-corrected chi connectivity index (χ1v) is 32.4. The molecule has 6 aromatic carbocycles. The predicted molar refractivity (Wildman–Crippen MR) is 355 cm³/mol. The third-order valence-corrected chi connectivity index (χ3v) is 17.2. The van der Waals surface area contributed by atoms with Gasteiger partial charge in [-0.2, -0.15) is 31.4 Å². The summed E-state index contributed by atoms with van der Waals surface area (Å²) in [6.45, 7) is 11.6. The molecule has 5 N–H and O–H groups in total. The number of likely N-dealkylation sites (N-methyl/N-ethyl adjacent to an activating group) is 1. The second kappa shape index (κ2) is 34.1. The lowest BCUT2D eigenvalue weighted by molar-refractivity contribution is -0.231. The van der Waals surface area contributed by atoms with Gasteiger partial charge in [-0.05, 0) is 169 Å². The fraction of sp³-hybridized carbons (Fsp3) is 0.423. The maximum Gasteiger partial charge on any atom is 0.416 e. The molecule has 1 saturated heterocycles. The minimum absolute atomic E-state index is 0.0427. The van der Waals surface area contributed by atoms with E-state index in [2.05, 4.69) is 117 Å². The Balaban J connectivity index is 0.000000188. The summed E-state index contributed by atoms with van der Waals surface area (Å²) in [6.07, 6.45) is -6.02. The Bertz CT molecular complexity index is 3630. The highest BCUT2D eigenvalue weighted by molar-refractivity contribution is 7.10. The first-order valence-electron chi connectivity index (χ1n) is 31.1. The Morgan fingerprint density at radius 1 is 0.851 bits per heavy atom. The van der Waals surface area contributed by atoms with Gasteiger partial charge in [0.05, 0.1) is 55.2 Å². The monoisotopic (exact) mass is 1350 g/mol. The summed E-state index contributed by atoms with van der Waals surface area (Å²) in [4.78, 5) is 31.2. The lowest BCUT2D eigenvalue weighted by atomic mass is 9.72. The largest absolute Gasteiger partial charge is 0.497 e. The first kappa shape index (κ1) is 74.4. The molecule has 3 heterocycles. The summed E-state index contributed by atoms with van der Waals surface area (Å²) < 4.78 is 117. The molecule has 1 aliphatic heterocycles. The zero-order chi connectivity index (χ0) is 68.4. The smallest absolute Gasteiger partial charge is 0.416 e. The van der Waals surface area contributed by atoms with Crippen molar-refractivity contribution in [1.29, 1.82) is 0 Å². The average Bonchev–Trinajstić information content (AvgIpc) is 0.949. The number of ether oxygens (including phenoxy) is 4. The Morgan fingerprint density at radius 3 is 2.10 bits per heavy atom. The summed E-state index contributed by atoms with van der Waals surface area (Å²) in [5.74, 6) is 1.83. The Kier molecular flexibility index (Phi) is 27.0. The number of aliphatic hydroxyl groups is 1. The van der Waals surface area contributed by atoms with Crippen LogP contribution in [0.1, 0.15) is 146 Å². The second-order valence-corrected chi connectivity index (χ2v) is 26.1. The van der Waals surface area contributed by atoms with Crippen molar-refractivity contribution in [3.63, 3.8) is 0 Å². The number of rotatable bonds is 20. The van der Waals surface area contributed by atoms with E-state index in [4.69, 9.17) is 30.5 Å². The van der Waals surface area contributed by atoms with Crippen molar-refractivity contribution in [3.8, 4) is 11.5 Å². The van der Waals surface area contributed by atoms with Gasteiger partial charge in [-0.15, -0.1) is 11.3 Å². The number of Topliss-reactive ketones (excluding diaryl/α,β-unsaturated/α-hetero) is 1. The predicted octanol–water partition coefficient (Wildman–Crippen LogP) is 15.9. The van der Waals surface area contributed by atoms with Gasteiger partial charge < -0.3 is 39.6 Å². The number of carbonyl (C=O) groups is 1.